The van der Waals surface area contributed by atoms with Crippen molar-refractivity contribution in [3.05, 3.63) is 41.9 Å². The van der Waals surface area contributed by atoms with E-state index in [1.807, 2.05) is 25.1 Å². The maximum atomic E-state index is 5.98. The van der Waals surface area contributed by atoms with Crippen LogP contribution in [0.3, 0.4) is 0 Å². The third kappa shape index (κ3) is 2.95. The number of furan rings is 1. The Morgan fingerprint density at radius 1 is 1.29 bits per heavy atom. The fourth-order valence-electron chi connectivity index (χ4n) is 2.48. The Hall–Kier alpha value is -2.21. The molecule has 6 heteroatoms. The minimum absolute atomic E-state index is 0.184. The maximum Gasteiger partial charge on any atom is 0.171 e. The summed E-state index contributed by atoms with van der Waals surface area (Å²) in [6, 6.07) is 10.4. The van der Waals surface area contributed by atoms with Gasteiger partial charge in [-0.3, -0.25) is 4.90 Å². The molecule has 0 saturated carbocycles. The number of rotatable bonds is 5. The quantitative estimate of drug-likeness (QED) is 0.720. The van der Waals surface area contributed by atoms with Crippen molar-refractivity contribution in [1.82, 2.24) is 25.1 Å². The maximum absolute atomic E-state index is 5.98. The van der Waals surface area contributed by atoms with Gasteiger partial charge in [-0.05, 0) is 44.8 Å². The molecule has 21 heavy (non-hydrogen) atoms. The second kappa shape index (κ2) is 5.65. The van der Waals surface area contributed by atoms with Gasteiger partial charge in [-0.15, -0.1) is 10.2 Å². The van der Waals surface area contributed by atoms with Crippen LogP contribution in [0, 0.1) is 6.92 Å². The Balaban J connectivity index is 1.80. The van der Waals surface area contributed by atoms with E-state index in [2.05, 4.69) is 46.5 Å². The van der Waals surface area contributed by atoms with Gasteiger partial charge >= 0.3 is 0 Å². The van der Waals surface area contributed by atoms with Crippen LogP contribution in [0.2, 0.25) is 0 Å². The molecular weight excluding hydrogens is 266 g/mol. The van der Waals surface area contributed by atoms with Crippen molar-refractivity contribution in [2.24, 2.45) is 0 Å². The first-order valence-corrected chi connectivity index (χ1v) is 7.03. The van der Waals surface area contributed by atoms with Gasteiger partial charge < -0.3 is 4.42 Å². The number of hydrogen-bond acceptors (Lipinski definition) is 5. The van der Waals surface area contributed by atoms with Crippen LogP contribution < -0.4 is 0 Å². The molecule has 0 saturated heterocycles. The van der Waals surface area contributed by atoms with E-state index in [-0.39, 0.29) is 6.04 Å². The van der Waals surface area contributed by atoms with Crippen LogP contribution in [-0.2, 0) is 6.54 Å². The molecule has 0 bridgehead atoms. The number of tetrazole rings is 1. The Kier molecular flexibility index (Phi) is 3.70. The molecule has 6 nitrogen and oxygen atoms in total. The number of benzene rings is 1. The molecule has 0 fully saturated rings. The zero-order chi connectivity index (χ0) is 14.8. The second-order valence-electron chi connectivity index (χ2n) is 5.39. The van der Waals surface area contributed by atoms with Gasteiger partial charge in [-0.1, -0.05) is 18.2 Å². The molecule has 110 valence electrons. The number of nitrogens with zero attached hydrogens (tertiary/aromatic N) is 5. The second-order valence-corrected chi connectivity index (χ2v) is 5.39. The molecule has 0 N–H and O–H groups in total. The molecular formula is C15H19N5O. The highest BCUT2D eigenvalue weighted by Gasteiger charge is 2.19. The molecule has 0 spiro atoms. The van der Waals surface area contributed by atoms with E-state index in [9.17, 15) is 0 Å². The topological polar surface area (TPSA) is 60.0 Å². The first-order valence-electron chi connectivity index (χ1n) is 7.03. The lowest BCUT2D eigenvalue weighted by atomic mass is 10.1. The summed E-state index contributed by atoms with van der Waals surface area (Å²) in [5.41, 5.74) is 0.925. The molecule has 3 aromatic rings. The van der Waals surface area contributed by atoms with Gasteiger partial charge in [0.25, 0.3) is 0 Å². The number of fused-ring (bicyclic) bond motifs is 1. The van der Waals surface area contributed by atoms with E-state index in [0.717, 1.165) is 23.2 Å². The monoisotopic (exact) mass is 285 g/mol. The summed E-state index contributed by atoms with van der Waals surface area (Å²) in [7, 11) is 4.11. The van der Waals surface area contributed by atoms with Crippen LogP contribution in [-0.4, -0.2) is 39.2 Å². The predicted molar refractivity (Wildman–Crippen MR) is 79.8 cm³/mol. The lowest BCUT2D eigenvalue weighted by molar-refractivity contribution is 0.234. The summed E-state index contributed by atoms with van der Waals surface area (Å²) in [5, 5.41) is 13.3. The highest BCUT2D eigenvalue weighted by atomic mass is 16.3. The van der Waals surface area contributed by atoms with Gasteiger partial charge in [0, 0.05) is 5.39 Å². The molecule has 1 unspecified atom stereocenters. The highest BCUT2D eigenvalue weighted by molar-refractivity contribution is 5.77. The van der Waals surface area contributed by atoms with Gasteiger partial charge in [0.2, 0.25) is 0 Å². The fourth-order valence-corrected chi connectivity index (χ4v) is 2.48. The molecule has 2 aromatic heterocycles. The van der Waals surface area contributed by atoms with Crippen LogP contribution in [0.15, 0.2) is 34.7 Å². The molecule has 0 aliphatic carbocycles. The van der Waals surface area contributed by atoms with Crippen LogP contribution in [0.4, 0.5) is 0 Å². The third-order valence-electron chi connectivity index (χ3n) is 3.55. The Morgan fingerprint density at radius 2 is 2.10 bits per heavy atom. The SMILES string of the molecule is Cc1nnn(CCC(c2cc3ccccc3o2)N(C)C)n1. The van der Waals surface area contributed by atoms with Crippen LogP contribution in [0.5, 0.6) is 0 Å². The molecule has 1 atom stereocenters. The summed E-state index contributed by atoms with van der Waals surface area (Å²) in [6.45, 7) is 2.55. The van der Waals surface area contributed by atoms with Gasteiger partial charge in [0.1, 0.15) is 11.3 Å². The predicted octanol–water partition coefficient (Wildman–Crippen LogP) is 2.42. The van der Waals surface area contributed by atoms with E-state index >= 15 is 0 Å². The van der Waals surface area contributed by atoms with E-state index in [1.54, 1.807) is 4.80 Å². The Labute approximate surface area is 123 Å². The van der Waals surface area contributed by atoms with Crippen LogP contribution >= 0.6 is 0 Å². The van der Waals surface area contributed by atoms with E-state index in [4.69, 9.17) is 4.42 Å². The van der Waals surface area contributed by atoms with Crippen LogP contribution in [0.25, 0.3) is 11.0 Å². The lowest BCUT2D eigenvalue weighted by Gasteiger charge is -2.21. The average Bonchev–Trinajstić information content (AvgIpc) is 3.04. The summed E-state index contributed by atoms with van der Waals surface area (Å²) in [5.74, 6) is 1.66. The summed E-state index contributed by atoms with van der Waals surface area (Å²) >= 11 is 0. The third-order valence-corrected chi connectivity index (χ3v) is 3.55. The standard InChI is InChI=1S/C15H19N5O/c1-11-16-18-20(17-11)9-8-13(19(2)3)15-10-12-6-4-5-7-14(12)21-15/h4-7,10,13H,8-9H2,1-3H3. The summed E-state index contributed by atoms with van der Waals surface area (Å²) in [4.78, 5) is 3.79. The number of hydrogen-bond donors (Lipinski definition) is 0. The molecule has 2 heterocycles. The van der Waals surface area contributed by atoms with Crippen LogP contribution in [0.1, 0.15) is 24.0 Å². The smallest absolute Gasteiger partial charge is 0.171 e. The molecule has 3 rings (SSSR count). The van der Waals surface area contributed by atoms with E-state index in [0.29, 0.717) is 12.4 Å². The first kappa shape index (κ1) is 13.8. The molecule has 0 radical (unpaired) electrons. The zero-order valence-electron chi connectivity index (χ0n) is 12.5. The molecule has 0 aliphatic heterocycles. The van der Waals surface area contributed by atoms with Crippen molar-refractivity contribution in [1.29, 1.82) is 0 Å². The minimum atomic E-state index is 0.184. The van der Waals surface area contributed by atoms with Crippen molar-refractivity contribution in [2.75, 3.05) is 14.1 Å². The Morgan fingerprint density at radius 3 is 2.76 bits per heavy atom. The van der Waals surface area contributed by atoms with E-state index < -0.39 is 0 Å². The van der Waals surface area contributed by atoms with Gasteiger partial charge in [0.05, 0.1) is 12.6 Å². The molecule has 0 aliphatic rings. The van der Waals surface area contributed by atoms with Gasteiger partial charge in [-0.2, -0.15) is 4.80 Å². The molecule has 0 amide bonds. The van der Waals surface area contributed by atoms with Crippen molar-refractivity contribution >= 4 is 11.0 Å². The first-order chi connectivity index (χ1) is 10.1. The lowest BCUT2D eigenvalue weighted by Crippen LogP contribution is -2.21. The Bertz CT molecular complexity index is 697. The van der Waals surface area contributed by atoms with Crippen molar-refractivity contribution in [2.45, 2.75) is 25.9 Å². The highest BCUT2D eigenvalue weighted by Crippen LogP contribution is 2.28. The fraction of sp³-hybridized carbons (Fsp3) is 0.400. The largest absolute Gasteiger partial charge is 0.459 e. The van der Waals surface area contributed by atoms with Crippen molar-refractivity contribution < 1.29 is 4.42 Å². The number of aromatic nitrogens is 4. The average molecular weight is 285 g/mol. The number of aryl methyl sites for hydroxylation is 2. The molecule has 1 aromatic carbocycles. The minimum Gasteiger partial charge on any atom is -0.459 e. The zero-order valence-corrected chi connectivity index (χ0v) is 12.5. The van der Waals surface area contributed by atoms with E-state index in [1.165, 1.54) is 0 Å². The van der Waals surface area contributed by atoms with Crippen molar-refractivity contribution in [3.8, 4) is 0 Å². The summed E-state index contributed by atoms with van der Waals surface area (Å²) < 4.78 is 5.98. The number of para-hydroxylation sites is 1. The summed E-state index contributed by atoms with van der Waals surface area (Å²) in [6.07, 6.45) is 0.864. The van der Waals surface area contributed by atoms with Crippen molar-refractivity contribution in [3.63, 3.8) is 0 Å². The van der Waals surface area contributed by atoms with Gasteiger partial charge in [-0.25, -0.2) is 0 Å². The normalized spacial score (nSPS) is 13.1. The van der Waals surface area contributed by atoms with Gasteiger partial charge in [0.15, 0.2) is 5.82 Å².